The van der Waals surface area contributed by atoms with E-state index in [9.17, 15) is 4.79 Å². The number of pyridine rings is 1. The molecule has 0 saturated carbocycles. The van der Waals surface area contributed by atoms with E-state index < -0.39 is 5.60 Å². The van der Waals surface area contributed by atoms with Crippen LogP contribution in [0.3, 0.4) is 0 Å². The Hall–Kier alpha value is -1.78. The SMILES string of the molecule is CC(C)(C)OC(=O)N1CCCC(Nc2ccccn2)C1. The first-order chi connectivity index (χ1) is 9.44. The van der Waals surface area contributed by atoms with Crippen molar-refractivity contribution in [2.45, 2.75) is 45.3 Å². The number of anilines is 1. The van der Waals surface area contributed by atoms with Crippen molar-refractivity contribution >= 4 is 11.9 Å². The predicted octanol–water partition coefficient (Wildman–Crippen LogP) is 2.89. The lowest BCUT2D eigenvalue weighted by molar-refractivity contribution is 0.0206. The van der Waals surface area contributed by atoms with Gasteiger partial charge < -0.3 is 15.0 Å². The zero-order chi connectivity index (χ0) is 14.6. The van der Waals surface area contributed by atoms with E-state index in [-0.39, 0.29) is 12.1 Å². The van der Waals surface area contributed by atoms with Crippen LogP contribution in [0, 0.1) is 0 Å². The minimum atomic E-state index is -0.446. The Morgan fingerprint density at radius 3 is 2.90 bits per heavy atom. The van der Waals surface area contributed by atoms with Crippen LogP contribution >= 0.6 is 0 Å². The molecule has 2 heterocycles. The number of carbonyl (C=O) groups excluding carboxylic acids is 1. The van der Waals surface area contributed by atoms with E-state index in [1.807, 2.05) is 39.0 Å². The molecule has 1 aromatic rings. The molecule has 1 aliphatic rings. The number of nitrogens with one attached hydrogen (secondary N) is 1. The van der Waals surface area contributed by atoms with Crippen molar-refractivity contribution in [2.24, 2.45) is 0 Å². The second-order valence-electron chi connectivity index (χ2n) is 6.12. The Morgan fingerprint density at radius 1 is 1.45 bits per heavy atom. The topological polar surface area (TPSA) is 54.5 Å². The van der Waals surface area contributed by atoms with Crippen LogP contribution in [-0.2, 0) is 4.74 Å². The Morgan fingerprint density at radius 2 is 2.25 bits per heavy atom. The molecule has 110 valence electrons. The fourth-order valence-corrected chi connectivity index (χ4v) is 2.24. The fourth-order valence-electron chi connectivity index (χ4n) is 2.24. The number of amides is 1. The minimum absolute atomic E-state index is 0.228. The lowest BCUT2D eigenvalue weighted by atomic mass is 10.1. The number of ether oxygens (including phenoxy) is 1. The lowest BCUT2D eigenvalue weighted by Crippen LogP contribution is -2.47. The third-order valence-corrected chi connectivity index (χ3v) is 3.09. The summed E-state index contributed by atoms with van der Waals surface area (Å²) in [6.45, 7) is 7.08. The molecule has 1 fully saturated rings. The number of hydrogen-bond donors (Lipinski definition) is 1. The second kappa shape index (κ2) is 6.11. The van der Waals surface area contributed by atoms with Crippen molar-refractivity contribution in [1.82, 2.24) is 9.88 Å². The van der Waals surface area contributed by atoms with Gasteiger partial charge in [-0.25, -0.2) is 9.78 Å². The molecule has 2 rings (SSSR count). The van der Waals surface area contributed by atoms with E-state index >= 15 is 0 Å². The monoisotopic (exact) mass is 277 g/mol. The van der Waals surface area contributed by atoms with E-state index in [1.54, 1.807) is 11.1 Å². The molecule has 0 radical (unpaired) electrons. The molecule has 5 heteroatoms. The predicted molar refractivity (Wildman–Crippen MR) is 78.7 cm³/mol. The van der Waals surface area contributed by atoms with E-state index in [2.05, 4.69) is 10.3 Å². The molecule has 1 saturated heterocycles. The Kier molecular flexibility index (Phi) is 4.47. The molecule has 20 heavy (non-hydrogen) atoms. The van der Waals surface area contributed by atoms with Gasteiger partial charge in [0.1, 0.15) is 11.4 Å². The van der Waals surface area contributed by atoms with Gasteiger partial charge in [-0.05, 0) is 45.7 Å². The van der Waals surface area contributed by atoms with Gasteiger partial charge in [0.15, 0.2) is 0 Å². The van der Waals surface area contributed by atoms with Crippen LogP contribution in [0.25, 0.3) is 0 Å². The lowest BCUT2D eigenvalue weighted by Gasteiger charge is -2.34. The maximum absolute atomic E-state index is 12.1. The maximum Gasteiger partial charge on any atom is 0.410 e. The summed E-state index contributed by atoms with van der Waals surface area (Å²) < 4.78 is 5.42. The van der Waals surface area contributed by atoms with E-state index in [1.165, 1.54) is 0 Å². The highest BCUT2D eigenvalue weighted by Crippen LogP contribution is 2.17. The van der Waals surface area contributed by atoms with Crippen molar-refractivity contribution < 1.29 is 9.53 Å². The summed E-state index contributed by atoms with van der Waals surface area (Å²) in [4.78, 5) is 18.1. The number of carbonyl (C=O) groups is 1. The number of hydrogen-bond acceptors (Lipinski definition) is 4. The van der Waals surface area contributed by atoms with Gasteiger partial charge in [-0.15, -0.1) is 0 Å². The summed E-state index contributed by atoms with van der Waals surface area (Å²) in [5.74, 6) is 0.850. The first-order valence-electron chi connectivity index (χ1n) is 7.09. The van der Waals surface area contributed by atoms with Crippen molar-refractivity contribution in [3.8, 4) is 0 Å². The number of nitrogens with zero attached hydrogens (tertiary/aromatic N) is 2. The number of rotatable bonds is 2. The van der Waals surface area contributed by atoms with Crippen LogP contribution in [0.2, 0.25) is 0 Å². The first-order valence-corrected chi connectivity index (χ1v) is 7.09. The molecule has 5 nitrogen and oxygen atoms in total. The van der Waals surface area contributed by atoms with E-state index in [0.717, 1.165) is 25.2 Å². The highest BCUT2D eigenvalue weighted by Gasteiger charge is 2.27. The Labute approximate surface area is 120 Å². The summed E-state index contributed by atoms with van der Waals surface area (Å²) in [6.07, 6.45) is 3.54. The molecule has 1 atom stereocenters. The van der Waals surface area contributed by atoms with Crippen LogP contribution in [0.1, 0.15) is 33.6 Å². The highest BCUT2D eigenvalue weighted by atomic mass is 16.6. The molecule has 0 aliphatic carbocycles. The molecule has 0 aromatic carbocycles. The average Bonchev–Trinajstić information content (AvgIpc) is 2.38. The average molecular weight is 277 g/mol. The Balaban J connectivity index is 1.90. The molecule has 1 N–H and O–H groups in total. The van der Waals surface area contributed by atoms with Gasteiger partial charge in [0.05, 0.1) is 0 Å². The van der Waals surface area contributed by atoms with Gasteiger partial charge >= 0.3 is 6.09 Å². The third-order valence-electron chi connectivity index (χ3n) is 3.09. The van der Waals surface area contributed by atoms with E-state index in [0.29, 0.717) is 6.54 Å². The maximum atomic E-state index is 12.1. The van der Waals surface area contributed by atoms with Gasteiger partial charge in [0.2, 0.25) is 0 Å². The molecule has 1 amide bonds. The quantitative estimate of drug-likeness (QED) is 0.903. The molecule has 0 spiro atoms. The van der Waals surface area contributed by atoms with Crippen LogP contribution < -0.4 is 5.32 Å². The van der Waals surface area contributed by atoms with Gasteiger partial charge in [-0.3, -0.25) is 0 Å². The van der Waals surface area contributed by atoms with Crippen molar-refractivity contribution in [3.05, 3.63) is 24.4 Å². The zero-order valence-corrected chi connectivity index (χ0v) is 12.4. The molecule has 1 unspecified atom stereocenters. The first kappa shape index (κ1) is 14.6. The number of aromatic nitrogens is 1. The van der Waals surface area contributed by atoms with Crippen LogP contribution in [0.4, 0.5) is 10.6 Å². The van der Waals surface area contributed by atoms with Crippen LogP contribution in [0.15, 0.2) is 24.4 Å². The highest BCUT2D eigenvalue weighted by molar-refractivity contribution is 5.68. The van der Waals surface area contributed by atoms with Gasteiger partial charge in [0, 0.05) is 25.3 Å². The van der Waals surface area contributed by atoms with Crippen LogP contribution in [-0.4, -0.2) is 40.7 Å². The standard InChI is InChI=1S/C15H23N3O2/c1-15(2,3)20-14(19)18-10-6-7-12(11-18)17-13-8-4-5-9-16-13/h4-5,8-9,12H,6-7,10-11H2,1-3H3,(H,16,17). The van der Waals surface area contributed by atoms with E-state index in [4.69, 9.17) is 4.74 Å². The summed E-state index contributed by atoms with van der Waals surface area (Å²) >= 11 is 0. The van der Waals surface area contributed by atoms with Gasteiger partial charge in [-0.2, -0.15) is 0 Å². The van der Waals surface area contributed by atoms with Crippen LogP contribution in [0.5, 0.6) is 0 Å². The van der Waals surface area contributed by atoms with Crippen molar-refractivity contribution in [1.29, 1.82) is 0 Å². The summed E-state index contributed by atoms with van der Waals surface area (Å²) in [6, 6.07) is 6.00. The Bertz CT molecular complexity index is 442. The molecular weight excluding hydrogens is 254 g/mol. The van der Waals surface area contributed by atoms with Crippen molar-refractivity contribution in [3.63, 3.8) is 0 Å². The summed E-state index contributed by atoms with van der Waals surface area (Å²) in [7, 11) is 0. The molecule has 0 bridgehead atoms. The van der Waals surface area contributed by atoms with Gasteiger partial charge in [0.25, 0.3) is 0 Å². The van der Waals surface area contributed by atoms with Crippen molar-refractivity contribution in [2.75, 3.05) is 18.4 Å². The smallest absolute Gasteiger partial charge is 0.410 e. The molecule has 1 aromatic heterocycles. The normalized spacial score (nSPS) is 19.6. The third kappa shape index (κ3) is 4.40. The van der Waals surface area contributed by atoms with Gasteiger partial charge in [-0.1, -0.05) is 6.07 Å². The summed E-state index contributed by atoms with van der Waals surface area (Å²) in [5.41, 5.74) is -0.446. The summed E-state index contributed by atoms with van der Waals surface area (Å²) in [5, 5.41) is 3.37. The largest absolute Gasteiger partial charge is 0.444 e. The number of likely N-dealkylation sites (tertiary alicyclic amines) is 1. The second-order valence-corrected chi connectivity index (χ2v) is 6.12. The molecular formula is C15H23N3O2. The zero-order valence-electron chi connectivity index (χ0n) is 12.4. The number of piperidine rings is 1. The minimum Gasteiger partial charge on any atom is -0.444 e. The fraction of sp³-hybridized carbons (Fsp3) is 0.600. The molecule has 1 aliphatic heterocycles.